The van der Waals surface area contributed by atoms with Crippen molar-refractivity contribution in [1.82, 2.24) is 14.9 Å². The highest BCUT2D eigenvalue weighted by Crippen LogP contribution is 2.27. The molecule has 1 aromatic carbocycles. The maximum atomic E-state index is 4.53. The number of thioether (sulfide) groups is 1. The SMILES string of the molecule is CCCNC(Cc1nccn1CC)c1ccccc1SC. The molecule has 114 valence electrons. The highest BCUT2D eigenvalue weighted by atomic mass is 32.2. The first-order chi connectivity index (χ1) is 10.3. The van der Waals surface area contributed by atoms with Gasteiger partial charge in [0.25, 0.3) is 0 Å². The van der Waals surface area contributed by atoms with Gasteiger partial charge in [0.05, 0.1) is 0 Å². The largest absolute Gasteiger partial charge is 0.335 e. The van der Waals surface area contributed by atoms with E-state index in [0.717, 1.165) is 31.8 Å². The summed E-state index contributed by atoms with van der Waals surface area (Å²) in [5.41, 5.74) is 1.38. The first-order valence-electron chi connectivity index (χ1n) is 7.66. The van der Waals surface area contributed by atoms with Gasteiger partial charge in [0.2, 0.25) is 0 Å². The fourth-order valence-corrected chi connectivity index (χ4v) is 3.23. The van der Waals surface area contributed by atoms with Crippen LogP contribution < -0.4 is 5.32 Å². The van der Waals surface area contributed by atoms with Gasteiger partial charge in [0.1, 0.15) is 5.82 Å². The van der Waals surface area contributed by atoms with Crippen LogP contribution in [0, 0.1) is 0 Å². The van der Waals surface area contributed by atoms with E-state index < -0.39 is 0 Å². The van der Waals surface area contributed by atoms with Crippen molar-refractivity contribution in [3.8, 4) is 0 Å². The van der Waals surface area contributed by atoms with Crippen LogP contribution in [0.2, 0.25) is 0 Å². The van der Waals surface area contributed by atoms with E-state index in [1.54, 1.807) is 0 Å². The Hall–Kier alpha value is -1.26. The van der Waals surface area contributed by atoms with Gasteiger partial charge in [-0.15, -0.1) is 11.8 Å². The second-order valence-electron chi connectivity index (χ2n) is 5.08. The molecule has 0 saturated carbocycles. The predicted octanol–water partition coefficient (Wildman–Crippen LogP) is 3.91. The van der Waals surface area contributed by atoms with Crippen molar-refractivity contribution in [1.29, 1.82) is 0 Å². The third-order valence-electron chi connectivity index (χ3n) is 3.68. The summed E-state index contributed by atoms with van der Waals surface area (Å²) in [5.74, 6) is 1.15. The average molecular weight is 303 g/mol. The second kappa shape index (κ2) is 8.25. The molecule has 0 saturated heterocycles. The Balaban J connectivity index is 2.25. The Morgan fingerprint density at radius 3 is 2.81 bits per heavy atom. The zero-order chi connectivity index (χ0) is 15.1. The molecule has 1 atom stereocenters. The van der Waals surface area contributed by atoms with Gasteiger partial charge in [-0.3, -0.25) is 0 Å². The summed E-state index contributed by atoms with van der Waals surface area (Å²) in [7, 11) is 0. The molecule has 0 spiro atoms. The Morgan fingerprint density at radius 1 is 1.29 bits per heavy atom. The Morgan fingerprint density at radius 2 is 2.10 bits per heavy atom. The van der Waals surface area contributed by atoms with Crippen LogP contribution in [0.1, 0.15) is 37.7 Å². The van der Waals surface area contributed by atoms with Crippen molar-refractivity contribution >= 4 is 11.8 Å². The minimum atomic E-state index is 0.321. The van der Waals surface area contributed by atoms with E-state index in [1.807, 2.05) is 18.0 Å². The standard InChI is InChI=1S/C17H25N3S/c1-4-10-18-15(13-17-19-11-12-20(17)5-2)14-8-6-7-9-16(14)21-3/h6-9,11-12,15,18H,4-5,10,13H2,1-3H3. The van der Waals surface area contributed by atoms with E-state index in [0.29, 0.717) is 6.04 Å². The molecule has 0 amide bonds. The monoisotopic (exact) mass is 303 g/mol. The summed E-state index contributed by atoms with van der Waals surface area (Å²) in [6.07, 6.45) is 8.17. The summed E-state index contributed by atoms with van der Waals surface area (Å²) >= 11 is 1.81. The van der Waals surface area contributed by atoms with E-state index >= 15 is 0 Å². The molecule has 21 heavy (non-hydrogen) atoms. The average Bonchev–Trinajstić information content (AvgIpc) is 2.98. The number of aryl methyl sites for hydroxylation is 1. The van der Waals surface area contributed by atoms with Crippen molar-refractivity contribution in [2.45, 2.75) is 44.2 Å². The van der Waals surface area contributed by atoms with Gasteiger partial charge >= 0.3 is 0 Å². The molecule has 0 aliphatic carbocycles. The lowest BCUT2D eigenvalue weighted by Crippen LogP contribution is -2.25. The first-order valence-corrected chi connectivity index (χ1v) is 8.88. The Labute approximate surface area is 132 Å². The lowest BCUT2D eigenvalue weighted by molar-refractivity contribution is 0.501. The molecule has 1 heterocycles. The summed E-state index contributed by atoms with van der Waals surface area (Å²) < 4.78 is 2.22. The normalized spacial score (nSPS) is 12.5. The van der Waals surface area contributed by atoms with Crippen LogP contribution in [-0.2, 0) is 13.0 Å². The van der Waals surface area contributed by atoms with Gasteiger partial charge in [-0.1, -0.05) is 25.1 Å². The number of nitrogens with one attached hydrogen (secondary N) is 1. The van der Waals surface area contributed by atoms with Crippen LogP contribution in [-0.4, -0.2) is 22.4 Å². The molecule has 0 radical (unpaired) electrons. The zero-order valence-corrected chi connectivity index (χ0v) is 14.0. The van der Waals surface area contributed by atoms with Gasteiger partial charge in [0.15, 0.2) is 0 Å². The highest BCUT2D eigenvalue weighted by Gasteiger charge is 2.17. The van der Waals surface area contributed by atoms with Crippen LogP contribution in [0.3, 0.4) is 0 Å². The number of aromatic nitrogens is 2. The third-order valence-corrected chi connectivity index (χ3v) is 4.50. The van der Waals surface area contributed by atoms with Crippen molar-refractivity contribution in [2.75, 3.05) is 12.8 Å². The van der Waals surface area contributed by atoms with Crippen LogP contribution in [0.25, 0.3) is 0 Å². The van der Waals surface area contributed by atoms with E-state index in [1.165, 1.54) is 10.5 Å². The molecule has 2 rings (SSSR count). The summed E-state index contributed by atoms with van der Waals surface area (Å²) in [5, 5.41) is 3.68. The van der Waals surface area contributed by atoms with E-state index in [9.17, 15) is 0 Å². The number of hydrogen-bond donors (Lipinski definition) is 1. The quantitative estimate of drug-likeness (QED) is 0.750. The number of nitrogens with zero attached hydrogens (tertiary/aromatic N) is 2. The molecule has 1 unspecified atom stereocenters. The minimum Gasteiger partial charge on any atom is -0.335 e. The van der Waals surface area contributed by atoms with Gasteiger partial charge in [0, 0.05) is 36.3 Å². The number of rotatable bonds is 8. The zero-order valence-electron chi connectivity index (χ0n) is 13.2. The van der Waals surface area contributed by atoms with E-state index in [2.05, 4.69) is 65.4 Å². The lowest BCUT2D eigenvalue weighted by atomic mass is 10.0. The fourth-order valence-electron chi connectivity index (χ4n) is 2.57. The Kier molecular flexibility index (Phi) is 6.33. The van der Waals surface area contributed by atoms with Gasteiger partial charge < -0.3 is 9.88 Å². The lowest BCUT2D eigenvalue weighted by Gasteiger charge is -2.21. The molecule has 0 aliphatic rings. The molecule has 0 bridgehead atoms. The van der Waals surface area contributed by atoms with E-state index in [-0.39, 0.29) is 0 Å². The van der Waals surface area contributed by atoms with Crippen molar-refractivity contribution in [2.24, 2.45) is 0 Å². The number of benzene rings is 1. The van der Waals surface area contributed by atoms with Crippen LogP contribution in [0.5, 0.6) is 0 Å². The topological polar surface area (TPSA) is 29.9 Å². The summed E-state index contributed by atoms with van der Waals surface area (Å²) in [6.45, 7) is 6.37. The molecule has 2 aromatic rings. The van der Waals surface area contributed by atoms with Crippen molar-refractivity contribution in [3.63, 3.8) is 0 Å². The fraction of sp³-hybridized carbons (Fsp3) is 0.471. The second-order valence-corrected chi connectivity index (χ2v) is 5.93. The molecular formula is C17H25N3S. The summed E-state index contributed by atoms with van der Waals surface area (Å²) in [6, 6.07) is 8.99. The number of imidazole rings is 1. The minimum absolute atomic E-state index is 0.321. The molecular weight excluding hydrogens is 278 g/mol. The Bertz CT molecular complexity index is 550. The molecule has 3 nitrogen and oxygen atoms in total. The summed E-state index contributed by atoms with van der Waals surface area (Å²) in [4.78, 5) is 5.88. The number of hydrogen-bond acceptors (Lipinski definition) is 3. The maximum Gasteiger partial charge on any atom is 0.110 e. The molecule has 1 N–H and O–H groups in total. The highest BCUT2D eigenvalue weighted by molar-refractivity contribution is 7.98. The molecule has 1 aromatic heterocycles. The third kappa shape index (κ3) is 4.11. The van der Waals surface area contributed by atoms with Crippen LogP contribution in [0.15, 0.2) is 41.6 Å². The van der Waals surface area contributed by atoms with Crippen LogP contribution >= 0.6 is 11.8 Å². The van der Waals surface area contributed by atoms with Gasteiger partial charge in [-0.2, -0.15) is 0 Å². The molecule has 0 aliphatic heterocycles. The van der Waals surface area contributed by atoms with Crippen LogP contribution in [0.4, 0.5) is 0 Å². The smallest absolute Gasteiger partial charge is 0.110 e. The van der Waals surface area contributed by atoms with Crippen molar-refractivity contribution < 1.29 is 0 Å². The predicted molar refractivity (Wildman–Crippen MR) is 90.9 cm³/mol. The van der Waals surface area contributed by atoms with Crippen molar-refractivity contribution in [3.05, 3.63) is 48.0 Å². The molecule has 4 heteroatoms. The molecule has 0 fully saturated rings. The first kappa shape index (κ1) is 16.1. The van der Waals surface area contributed by atoms with Gasteiger partial charge in [-0.05, 0) is 37.8 Å². The maximum absolute atomic E-state index is 4.53. The van der Waals surface area contributed by atoms with E-state index in [4.69, 9.17) is 0 Å². The van der Waals surface area contributed by atoms with Gasteiger partial charge in [-0.25, -0.2) is 4.98 Å².